The zero-order valence-corrected chi connectivity index (χ0v) is 10.8. The third kappa shape index (κ3) is 1.04. The molecule has 18 heavy (non-hydrogen) atoms. The van der Waals surface area contributed by atoms with Crippen molar-refractivity contribution >= 4 is 27.6 Å². The molecule has 5 heteroatoms. The van der Waals surface area contributed by atoms with E-state index in [0.29, 0.717) is 0 Å². The second-order valence-corrected chi connectivity index (χ2v) is 6.82. The lowest BCUT2D eigenvalue weighted by atomic mass is 10.3. The Labute approximate surface area is 109 Å². The number of nitrogens with zero attached hydrogens (tertiary/aromatic N) is 3. The van der Waals surface area contributed by atoms with Gasteiger partial charge in [0.1, 0.15) is 10.3 Å². The summed E-state index contributed by atoms with van der Waals surface area (Å²) >= 11 is 1.57. The second-order valence-electron chi connectivity index (χ2n) is 5.98. The molecule has 2 aromatic rings. The van der Waals surface area contributed by atoms with Crippen LogP contribution in [-0.4, -0.2) is 21.5 Å². The van der Waals surface area contributed by atoms with Crippen LogP contribution in [0.2, 0.25) is 0 Å². The Morgan fingerprint density at radius 2 is 2.00 bits per heavy atom. The maximum absolute atomic E-state index is 4.51. The Morgan fingerprint density at radius 3 is 2.72 bits per heavy atom. The molecule has 0 aromatic carbocycles. The van der Waals surface area contributed by atoms with E-state index in [-0.39, 0.29) is 0 Å². The molecule has 0 atom stereocenters. The molecule has 1 N–H and O–H groups in total. The number of anilines is 1. The van der Waals surface area contributed by atoms with Crippen LogP contribution in [0.3, 0.4) is 0 Å². The molecule has 0 aliphatic heterocycles. The maximum atomic E-state index is 4.51. The molecule has 0 radical (unpaired) electrons. The normalized spacial score (nSPS) is 25.8. The van der Waals surface area contributed by atoms with E-state index in [1.165, 1.54) is 25.7 Å². The molecule has 0 amide bonds. The predicted molar refractivity (Wildman–Crippen MR) is 70.5 cm³/mol. The van der Waals surface area contributed by atoms with Crippen LogP contribution >= 0.6 is 11.3 Å². The van der Waals surface area contributed by atoms with Crippen molar-refractivity contribution in [2.24, 2.45) is 16.7 Å². The number of rotatable bonds is 3. The van der Waals surface area contributed by atoms with Crippen molar-refractivity contribution in [1.82, 2.24) is 15.0 Å². The van der Waals surface area contributed by atoms with Gasteiger partial charge in [0, 0.05) is 6.54 Å². The van der Waals surface area contributed by atoms with E-state index >= 15 is 0 Å². The number of aromatic nitrogens is 3. The first kappa shape index (κ1) is 9.67. The van der Waals surface area contributed by atoms with Crippen molar-refractivity contribution in [1.29, 1.82) is 0 Å². The monoisotopic (exact) mass is 258 g/mol. The minimum Gasteiger partial charge on any atom is -0.354 e. The molecule has 5 rings (SSSR count). The topological polar surface area (TPSA) is 50.7 Å². The predicted octanol–water partition coefficient (Wildman–Crippen LogP) is 2.69. The molecule has 3 saturated carbocycles. The minimum atomic E-state index is 0.759. The van der Waals surface area contributed by atoms with E-state index in [1.54, 1.807) is 11.3 Å². The van der Waals surface area contributed by atoms with Crippen LogP contribution in [0.25, 0.3) is 10.3 Å². The molecule has 2 heterocycles. The number of hydrogen-bond acceptors (Lipinski definition) is 5. The van der Waals surface area contributed by atoms with Gasteiger partial charge in [-0.15, -0.1) is 11.3 Å². The lowest BCUT2D eigenvalue weighted by Gasteiger charge is -2.03. The summed E-state index contributed by atoms with van der Waals surface area (Å²) in [5, 5.41) is 3.44. The minimum absolute atomic E-state index is 0.759. The Hall–Kier alpha value is -1.23. The van der Waals surface area contributed by atoms with Crippen LogP contribution in [0.1, 0.15) is 25.7 Å². The molecule has 0 unspecified atom stereocenters. The van der Waals surface area contributed by atoms with Crippen molar-refractivity contribution < 1.29 is 0 Å². The zero-order chi connectivity index (χ0) is 11.8. The summed E-state index contributed by atoms with van der Waals surface area (Å²) in [6.07, 6.45) is 7.68. The van der Waals surface area contributed by atoms with Crippen molar-refractivity contribution in [2.75, 3.05) is 11.9 Å². The van der Waals surface area contributed by atoms with Gasteiger partial charge in [-0.1, -0.05) is 0 Å². The molecule has 2 aromatic heterocycles. The highest BCUT2D eigenvalue weighted by Gasteiger charge is 2.85. The second kappa shape index (κ2) is 2.85. The molecule has 4 nitrogen and oxygen atoms in total. The fraction of sp³-hybridized carbons (Fsp3) is 0.615. The molecular formula is C13H14N4S. The summed E-state index contributed by atoms with van der Waals surface area (Å²) in [6.45, 7) is 1.06. The summed E-state index contributed by atoms with van der Waals surface area (Å²) in [5.41, 5.74) is 4.24. The van der Waals surface area contributed by atoms with Gasteiger partial charge in [0.05, 0.1) is 11.7 Å². The van der Waals surface area contributed by atoms with Gasteiger partial charge in [0.2, 0.25) is 5.95 Å². The van der Waals surface area contributed by atoms with Gasteiger partial charge in [-0.05, 0) is 42.4 Å². The van der Waals surface area contributed by atoms with Gasteiger partial charge < -0.3 is 5.32 Å². The first-order valence-electron chi connectivity index (χ1n) is 6.64. The number of fused-ring (bicyclic) bond motifs is 2. The fourth-order valence-corrected chi connectivity index (χ4v) is 4.77. The maximum Gasteiger partial charge on any atom is 0.224 e. The van der Waals surface area contributed by atoms with E-state index in [2.05, 4.69) is 20.3 Å². The average Bonchev–Trinajstić information content (AvgIpc) is 3.32. The van der Waals surface area contributed by atoms with Crippen molar-refractivity contribution in [3.8, 4) is 0 Å². The van der Waals surface area contributed by atoms with Crippen LogP contribution < -0.4 is 5.32 Å². The van der Waals surface area contributed by atoms with Gasteiger partial charge in [-0.3, -0.25) is 0 Å². The zero-order valence-electron chi connectivity index (χ0n) is 10.0. The van der Waals surface area contributed by atoms with Gasteiger partial charge >= 0.3 is 0 Å². The Balaban J connectivity index is 1.35. The largest absolute Gasteiger partial charge is 0.354 e. The van der Waals surface area contributed by atoms with E-state index < -0.39 is 0 Å². The molecule has 3 aliphatic rings. The summed E-state index contributed by atoms with van der Waals surface area (Å²) < 4.78 is 0. The molecule has 3 aliphatic carbocycles. The van der Waals surface area contributed by atoms with E-state index in [1.807, 2.05) is 11.7 Å². The van der Waals surface area contributed by atoms with Crippen molar-refractivity contribution in [2.45, 2.75) is 25.7 Å². The fourth-order valence-electron chi connectivity index (χ4n) is 4.14. The highest BCUT2D eigenvalue weighted by atomic mass is 32.1. The van der Waals surface area contributed by atoms with Crippen LogP contribution in [0.5, 0.6) is 0 Å². The van der Waals surface area contributed by atoms with Crippen LogP contribution in [-0.2, 0) is 0 Å². The Kier molecular flexibility index (Phi) is 1.53. The summed E-state index contributed by atoms with van der Waals surface area (Å²) in [6, 6.07) is 0. The van der Waals surface area contributed by atoms with Crippen LogP contribution in [0.4, 0.5) is 5.95 Å². The smallest absolute Gasteiger partial charge is 0.224 e. The number of hydrogen-bond donors (Lipinski definition) is 1. The van der Waals surface area contributed by atoms with E-state index in [9.17, 15) is 0 Å². The summed E-state index contributed by atoms with van der Waals surface area (Å²) in [5.74, 6) is 1.66. The van der Waals surface area contributed by atoms with Gasteiger partial charge in [-0.2, -0.15) is 0 Å². The molecule has 0 saturated heterocycles. The summed E-state index contributed by atoms with van der Waals surface area (Å²) in [4.78, 5) is 14.0. The van der Waals surface area contributed by atoms with Gasteiger partial charge in [0.15, 0.2) is 0 Å². The SMILES string of the molecule is c1nc2cnc(NCC3C4(CC4)C34CC4)nc2s1. The molecular weight excluding hydrogens is 244 g/mol. The van der Waals surface area contributed by atoms with Gasteiger partial charge in [-0.25, -0.2) is 15.0 Å². The lowest BCUT2D eigenvalue weighted by molar-refractivity contribution is 0.716. The highest BCUT2D eigenvalue weighted by Crippen LogP contribution is 2.92. The molecule has 0 bridgehead atoms. The Morgan fingerprint density at radius 1 is 1.22 bits per heavy atom. The standard InChI is InChI=1S/C13H14N4S/c1-2-12(1)9(13(12)3-4-13)6-15-11-14-5-8-10(17-11)18-7-16-8/h5,7,9H,1-4,6H2,(H,14,15,17). The molecule has 2 spiro atoms. The Bertz CT molecular complexity index is 623. The molecule has 92 valence electrons. The quantitative estimate of drug-likeness (QED) is 0.919. The number of nitrogens with one attached hydrogen (secondary N) is 1. The highest BCUT2D eigenvalue weighted by molar-refractivity contribution is 7.16. The third-order valence-electron chi connectivity index (χ3n) is 5.38. The van der Waals surface area contributed by atoms with E-state index in [0.717, 1.165) is 39.6 Å². The lowest BCUT2D eigenvalue weighted by Crippen LogP contribution is -2.08. The third-order valence-corrected chi connectivity index (χ3v) is 6.11. The van der Waals surface area contributed by atoms with Crippen LogP contribution in [0, 0.1) is 16.7 Å². The van der Waals surface area contributed by atoms with Crippen LogP contribution in [0.15, 0.2) is 11.7 Å². The first-order valence-corrected chi connectivity index (χ1v) is 7.52. The summed E-state index contributed by atoms with van der Waals surface area (Å²) in [7, 11) is 0. The number of thiazole rings is 1. The average molecular weight is 258 g/mol. The van der Waals surface area contributed by atoms with Crippen molar-refractivity contribution in [3.63, 3.8) is 0 Å². The van der Waals surface area contributed by atoms with Gasteiger partial charge in [0.25, 0.3) is 0 Å². The first-order chi connectivity index (χ1) is 8.84. The van der Waals surface area contributed by atoms with E-state index in [4.69, 9.17) is 0 Å². The van der Waals surface area contributed by atoms with Crippen molar-refractivity contribution in [3.05, 3.63) is 11.7 Å². The molecule has 3 fully saturated rings.